The van der Waals surface area contributed by atoms with Crippen LogP contribution in [0.1, 0.15) is 47.0 Å². The third-order valence-corrected chi connectivity index (χ3v) is 5.37. The van der Waals surface area contributed by atoms with E-state index < -0.39 is 17.8 Å². The van der Waals surface area contributed by atoms with E-state index in [9.17, 15) is 15.3 Å². The van der Waals surface area contributed by atoms with E-state index in [-0.39, 0.29) is 17.8 Å². The molecule has 0 bridgehead atoms. The summed E-state index contributed by atoms with van der Waals surface area (Å²) in [6.07, 6.45) is 2.67. The van der Waals surface area contributed by atoms with E-state index in [1.54, 1.807) is 6.92 Å². The highest BCUT2D eigenvalue weighted by Gasteiger charge is 2.57. The number of aliphatic hydroxyl groups is 3. The van der Waals surface area contributed by atoms with Crippen molar-refractivity contribution in [2.24, 2.45) is 17.3 Å². The van der Waals surface area contributed by atoms with Gasteiger partial charge in [0.25, 0.3) is 0 Å². The zero-order valence-corrected chi connectivity index (χ0v) is 11.8. The van der Waals surface area contributed by atoms with Crippen LogP contribution in [0, 0.1) is 17.3 Å². The first kappa shape index (κ1) is 14.0. The van der Waals surface area contributed by atoms with E-state index in [0.29, 0.717) is 5.92 Å². The van der Waals surface area contributed by atoms with E-state index in [1.807, 2.05) is 6.92 Å². The van der Waals surface area contributed by atoms with Crippen LogP contribution < -0.4 is 0 Å². The maximum Gasteiger partial charge on any atom is 0.0915 e. The highest BCUT2D eigenvalue weighted by molar-refractivity contribution is 5.20. The lowest BCUT2D eigenvalue weighted by molar-refractivity contribution is -0.208. The molecule has 0 unspecified atom stereocenters. The Labute approximate surface area is 110 Å². The van der Waals surface area contributed by atoms with E-state index in [0.717, 1.165) is 12.8 Å². The first-order chi connectivity index (χ1) is 8.19. The van der Waals surface area contributed by atoms with Crippen molar-refractivity contribution >= 4 is 0 Å². The van der Waals surface area contributed by atoms with Gasteiger partial charge in [0.2, 0.25) is 0 Å². The Hall–Kier alpha value is -0.380. The number of fused-ring (bicyclic) bond motifs is 1. The summed E-state index contributed by atoms with van der Waals surface area (Å²) < 4.78 is 0. The van der Waals surface area contributed by atoms with Crippen LogP contribution in [-0.4, -0.2) is 33.1 Å². The van der Waals surface area contributed by atoms with Crippen molar-refractivity contribution in [2.75, 3.05) is 0 Å². The van der Waals surface area contributed by atoms with Crippen LogP contribution >= 0.6 is 0 Å². The Morgan fingerprint density at radius 1 is 1.22 bits per heavy atom. The van der Waals surface area contributed by atoms with Crippen LogP contribution in [0.3, 0.4) is 0 Å². The normalized spacial score (nSPS) is 48.9. The average Bonchev–Trinajstić information content (AvgIpc) is 2.27. The summed E-state index contributed by atoms with van der Waals surface area (Å²) in [7, 11) is 0. The van der Waals surface area contributed by atoms with Gasteiger partial charge in [-0.25, -0.2) is 0 Å². The molecule has 0 spiro atoms. The van der Waals surface area contributed by atoms with Crippen LogP contribution in [0.4, 0.5) is 0 Å². The monoisotopic (exact) mass is 254 g/mol. The minimum Gasteiger partial charge on any atom is -0.392 e. The van der Waals surface area contributed by atoms with Crippen molar-refractivity contribution in [1.82, 2.24) is 0 Å². The van der Waals surface area contributed by atoms with Gasteiger partial charge in [0.1, 0.15) is 0 Å². The van der Waals surface area contributed by atoms with Gasteiger partial charge < -0.3 is 15.3 Å². The minimum atomic E-state index is -1.11. The second-order valence-electron chi connectivity index (χ2n) is 6.89. The van der Waals surface area contributed by atoms with E-state index in [2.05, 4.69) is 19.9 Å². The predicted molar refractivity (Wildman–Crippen MR) is 71.0 cm³/mol. The quantitative estimate of drug-likeness (QED) is 0.626. The molecule has 3 N–H and O–H groups in total. The van der Waals surface area contributed by atoms with Gasteiger partial charge in [0.15, 0.2) is 0 Å². The molecule has 2 rings (SSSR count). The molecule has 2 aliphatic rings. The SMILES string of the molecule is CC(C)C1=CC[C@@]2(C)[C@H](O)C[C@H](O)[C@](C)(O)[C@@H]2C1. The first-order valence-electron chi connectivity index (χ1n) is 6.97. The third-order valence-electron chi connectivity index (χ3n) is 5.37. The molecule has 1 fully saturated rings. The lowest BCUT2D eigenvalue weighted by atomic mass is 9.53. The topological polar surface area (TPSA) is 60.7 Å². The second kappa shape index (κ2) is 4.32. The van der Waals surface area contributed by atoms with Gasteiger partial charge in [-0.2, -0.15) is 0 Å². The zero-order valence-electron chi connectivity index (χ0n) is 11.8. The largest absolute Gasteiger partial charge is 0.392 e. The highest BCUT2D eigenvalue weighted by Crippen LogP contribution is 2.54. The lowest BCUT2D eigenvalue weighted by Crippen LogP contribution is -2.62. The third kappa shape index (κ3) is 1.93. The zero-order chi connectivity index (χ0) is 13.7. The summed E-state index contributed by atoms with van der Waals surface area (Å²) in [5.74, 6) is 0.382. The van der Waals surface area contributed by atoms with Crippen molar-refractivity contribution in [3.63, 3.8) is 0 Å². The smallest absolute Gasteiger partial charge is 0.0915 e. The molecule has 1 saturated carbocycles. The fourth-order valence-corrected chi connectivity index (χ4v) is 3.71. The van der Waals surface area contributed by atoms with Crippen LogP contribution in [0.15, 0.2) is 11.6 Å². The van der Waals surface area contributed by atoms with Crippen molar-refractivity contribution in [3.8, 4) is 0 Å². The van der Waals surface area contributed by atoms with Crippen LogP contribution in [0.2, 0.25) is 0 Å². The predicted octanol–water partition coefficient (Wildman–Crippen LogP) is 1.86. The minimum absolute atomic E-state index is 0.0776. The van der Waals surface area contributed by atoms with Gasteiger partial charge in [-0.1, -0.05) is 32.4 Å². The maximum absolute atomic E-state index is 10.6. The molecule has 0 aromatic rings. The fourth-order valence-electron chi connectivity index (χ4n) is 3.71. The number of hydrogen-bond acceptors (Lipinski definition) is 3. The Morgan fingerprint density at radius 3 is 2.39 bits per heavy atom. The summed E-state index contributed by atoms with van der Waals surface area (Å²) in [4.78, 5) is 0. The summed E-state index contributed by atoms with van der Waals surface area (Å²) >= 11 is 0. The van der Waals surface area contributed by atoms with Gasteiger partial charge in [0.05, 0.1) is 17.8 Å². The lowest BCUT2D eigenvalue weighted by Gasteiger charge is -2.56. The molecule has 0 amide bonds. The Kier molecular flexibility index (Phi) is 3.37. The van der Waals surface area contributed by atoms with Gasteiger partial charge in [-0.3, -0.25) is 0 Å². The first-order valence-corrected chi connectivity index (χ1v) is 6.97. The van der Waals surface area contributed by atoms with Crippen molar-refractivity contribution < 1.29 is 15.3 Å². The summed E-state index contributed by atoms with van der Waals surface area (Å²) in [6.45, 7) is 8.06. The van der Waals surface area contributed by atoms with Gasteiger partial charge >= 0.3 is 0 Å². The summed E-state index contributed by atoms with van der Waals surface area (Å²) in [5, 5.41) is 31.0. The molecule has 0 aromatic heterocycles. The summed E-state index contributed by atoms with van der Waals surface area (Å²) in [5.41, 5.74) is -0.0946. The standard InChI is InChI=1S/C15H26O3/c1-9(2)10-5-6-14(3)11(7-10)15(4,18)13(17)8-12(14)16/h5,9,11-13,16-18H,6-8H2,1-4H3/t11-,12-,13+,14-,15-/m1/s1. The van der Waals surface area contributed by atoms with Crippen LogP contribution in [0.25, 0.3) is 0 Å². The molecule has 0 aromatic carbocycles. The molecule has 18 heavy (non-hydrogen) atoms. The molecule has 5 atom stereocenters. The number of hydrogen-bond donors (Lipinski definition) is 3. The van der Waals surface area contributed by atoms with Crippen LogP contribution in [-0.2, 0) is 0 Å². The van der Waals surface area contributed by atoms with Crippen LogP contribution in [0.5, 0.6) is 0 Å². The molecule has 3 nitrogen and oxygen atoms in total. The Balaban J connectivity index is 2.38. The Morgan fingerprint density at radius 2 is 1.83 bits per heavy atom. The number of aliphatic hydroxyl groups excluding tert-OH is 2. The van der Waals surface area contributed by atoms with Gasteiger partial charge in [-0.05, 0) is 25.7 Å². The molecule has 0 aliphatic heterocycles. The summed E-state index contributed by atoms with van der Waals surface area (Å²) in [6, 6.07) is 0. The fraction of sp³-hybridized carbons (Fsp3) is 0.867. The maximum atomic E-state index is 10.6. The molecule has 2 aliphatic carbocycles. The van der Waals surface area contributed by atoms with Gasteiger partial charge in [0, 0.05) is 17.8 Å². The molecular formula is C15H26O3. The molecule has 0 saturated heterocycles. The molecular weight excluding hydrogens is 228 g/mol. The van der Waals surface area contributed by atoms with Crippen molar-refractivity contribution in [2.45, 2.75) is 64.8 Å². The second-order valence-corrected chi connectivity index (χ2v) is 6.89. The average molecular weight is 254 g/mol. The van der Waals surface area contributed by atoms with Crippen molar-refractivity contribution in [1.29, 1.82) is 0 Å². The van der Waals surface area contributed by atoms with E-state index >= 15 is 0 Å². The van der Waals surface area contributed by atoms with E-state index in [1.165, 1.54) is 5.57 Å². The Bertz CT molecular complexity index is 359. The van der Waals surface area contributed by atoms with E-state index in [4.69, 9.17) is 0 Å². The van der Waals surface area contributed by atoms with Crippen molar-refractivity contribution in [3.05, 3.63) is 11.6 Å². The molecule has 0 radical (unpaired) electrons. The molecule has 104 valence electrons. The molecule has 0 heterocycles. The molecule has 3 heteroatoms. The van der Waals surface area contributed by atoms with Gasteiger partial charge in [-0.15, -0.1) is 0 Å². The number of allylic oxidation sites excluding steroid dienone is 2. The highest BCUT2D eigenvalue weighted by atomic mass is 16.3. The number of rotatable bonds is 1.